The first-order valence-electron chi connectivity index (χ1n) is 9.38. The van der Waals surface area contributed by atoms with Crippen LogP contribution in [0.25, 0.3) is 0 Å². The van der Waals surface area contributed by atoms with E-state index in [9.17, 15) is 18.3 Å². The molecule has 0 fully saturated rings. The molecule has 0 bridgehead atoms. The van der Waals surface area contributed by atoms with Crippen LogP contribution in [0.5, 0.6) is 5.75 Å². The molecule has 0 spiro atoms. The molecule has 2 nitrogen and oxygen atoms in total. The SMILES string of the molecule is COc1ccc(C(CCC(O)C(F)(F)F)(c2ccccc2)c2ccccc2)cc1. The first kappa shape index (κ1) is 20.9. The van der Waals surface area contributed by atoms with Gasteiger partial charge in [-0.3, -0.25) is 0 Å². The predicted octanol–water partition coefficient (Wildman–Crippen LogP) is 5.73. The van der Waals surface area contributed by atoms with Crippen molar-refractivity contribution in [1.29, 1.82) is 0 Å². The van der Waals surface area contributed by atoms with Gasteiger partial charge in [-0.15, -0.1) is 0 Å². The van der Waals surface area contributed by atoms with Crippen LogP contribution >= 0.6 is 0 Å². The first-order valence-corrected chi connectivity index (χ1v) is 9.38. The van der Waals surface area contributed by atoms with E-state index >= 15 is 0 Å². The summed E-state index contributed by atoms with van der Waals surface area (Å²) in [6.45, 7) is 0. The van der Waals surface area contributed by atoms with Crippen LogP contribution in [-0.4, -0.2) is 24.5 Å². The second-order valence-electron chi connectivity index (χ2n) is 6.96. The van der Waals surface area contributed by atoms with Crippen LogP contribution in [0.15, 0.2) is 84.9 Å². The van der Waals surface area contributed by atoms with Gasteiger partial charge in [0.25, 0.3) is 0 Å². The van der Waals surface area contributed by atoms with Crippen LogP contribution < -0.4 is 4.74 Å². The molecule has 1 N–H and O–H groups in total. The van der Waals surface area contributed by atoms with Crippen molar-refractivity contribution in [1.82, 2.24) is 0 Å². The summed E-state index contributed by atoms with van der Waals surface area (Å²) in [5.41, 5.74) is 1.72. The molecule has 0 aliphatic rings. The average Bonchev–Trinajstić information content (AvgIpc) is 2.75. The van der Waals surface area contributed by atoms with E-state index in [1.54, 1.807) is 19.2 Å². The number of aliphatic hydroxyl groups excluding tert-OH is 1. The predicted molar refractivity (Wildman–Crippen MR) is 107 cm³/mol. The van der Waals surface area contributed by atoms with Crippen LogP contribution in [-0.2, 0) is 5.41 Å². The lowest BCUT2D eigenvalue weighted by Gasteiger charge is -2.37. The molecular formula is C24H23F3O2. The van der Waals surface area contributed by atoms with E-state index in [1.165, 1.54) is 0 Å². The van der Waals surface area contributed by atoms with E-state index in [0.717, 1.165) is 16.7 Å². The normalized spacial score (nSPS) is 13.1. The maximum Gasteiger partial charge on any atom is 0.414 e. The third kappa shape index (κ3) is 4.46. The van der Waals surface area contributed by atoms with Crippen molar-refractivity contribution in [2.24, 2.45) is 0 Å². The van der Waals surface area contributed by atoms with Gasteiger partial charge in [0.1, 0.15) is 11.9 Å². The van der Waals surface area contributed by atoms with E-state index in [4.69, 9.17) is 4.74 Å². The van der Waals surface area contributed by atoms with Crippen molar-refractivity contribution in [3.05, 3.63) is 102 Å². The molecule has 0 saturated carbocycles. The lowest BCUT2D eigenvalue weighted by Crippen LogP contribution is -2.34. The van der Waals surface area contributed by atoms with Gasteiger partial charge in [0.05, 0.1) is 7.11 Å². The van der Waals surface area contributed by atoms with E-state index < -0.39 is 24.1 Å². The molecule has 0 saturated heterocycles. The fraction of sp³-hybridized carbons (Fsp3) is 0.250. The second-order valence-corrected chi connectivity index (χ2v) is 6.96. The van der Waals surface area contributed by atoms with Crippen LogP contribution in [0, 0.1) is 0 Å². The number of alkyl halides is 3. The Hall–Kier alpha value is -2.79. The zero-order chi connectivity index (χ0) is 20.9. The minimum atomic E-state index is -4.65. The number of benzene rings is 3. The third-order valence-corrected chi connectivity index (χ3v) is 5.29. The Balaban J connectivity index is 2.18. The lowest BCUT2D eigenvalue weighted by molar-refractivity contribution is -0.206. The fourth-order valence-electron chi connectivity index (χ4n) is 3.77. The monoisotopic (exact) mass is 400 g/mol. The summed E-state index contributed by atoms with van der Waals surface area (Å²) in [4.78, 5) is 0. The molecule has 3 aromatic carbocycles. The molecular weight excluding hydrogens is 377 g/mol. The molecule has 5 heteroatoms. The van der Waals surface area contributed by atoms with Crippen molar-refractivity contribution in [3.8, 4) is 5.75 Å². The molecule has 0 aromatic heterocycles. The minimum absolute atomic E-state index is 0.0913. The number of rotatable bonds is 7. The van der Waals surface area contributed by atoms with E-state index in [2.05, 4.69) is 0 Å². The Bertz CT molecular complexity index is 851. The summed E-state index contributed by atoms with van der Waals surface area (Å²) in [7, 11) is 1.57. The summed E-state index contributed by atoms with van der Waals surface area (Å²) < 4.78 is 44.4. The highest BCUT2D eigenvalue weighted by Gasteiger charge is 2.42. The second kappa shape index (κ2) is 8.70. The molecule has 1 atom stereocenters. The Morgan fingerprint density at radius 1 is 0.759 bits per heavy atom. The Kier molecular flexibility index (Phi) is 6.28. The van der Waals surface area contributed by atoms with Crippen molar-refractivity contribution >= 4 is 0 Å². The Morgan fingerprint density at radius 2 is 1.21 bits per heavy atom. The van der Waals surface area contributed by atoms with Gasteiger partial charge in [-0.2, -0.15) is 13.2 Å². The number of aliphatic hydroxyl groups is 1. The molecule has 29 heavy (non-hydrogen) atoms. The first-order chi connectivity index (χ1) is 13.9. The third-order valence-electron chi connectivity index (χ3n) is 5.29. The fourth-order valence-corrected chi connectivity index (χ4v) is 3.77. The van der Waals surface area contributed by atoms with Gasteiger partial charge in [0.15, 0.2) is 0 Å². The van der Waals surface area contributed by atoms with Gasteiger partial charge < -0.3 is 9.84 Å². The molecule has 0 heterocycles. The highest BCUT2D eigenvalue weighted by molar-refractivity contribution is 5.51. The van der Waals surface area contributed by atoms with Gasteiger partial charge >= 0.3 is 6.18 Å². The summed E-state index contributed by atoms with van der Waals surface area (Å²) in [5.74, 6) is 0.666. The van der Waals surface area contributed by atoms with Crippen LogP contribution in [0.1, 0.15) is 29.5 Å². The summed E-state index contributed by atoms with van der Waals surface area (Å²) in [5, 5.41) is 9.73. The highest BCUT2D eigenvalue weighted by Crippen LogP contribution is 2.44. The van der Waals surface area contributed by atoms with E-state index in [0.29, 0.717) is 5.75 Å². The van der Waals surface area contributed by atoms with Gasteiger partial charge in [-0.25, -0.2) is 0 Å². The standard InChI is InChI=1S/C24H23F3O2/c1-29-21-14-12-20(13-15-21)23(18-8-4-2-5-9-18,19-10-6-3-7-11-19)17-16-22(28)24(25,26)27/h2-15,22,28H,16-17H2,1H3. The molecule has 3 rings (SSSR count). The number of halogens is 3. The number of ether oxygens (including phenoxy) is 1. The molecule has 0 amide bonds. The van der Waals surface area contributed by atoms with Crippen LogP contribution in [0.4, 0.5) is 13.2 Å². The molecule has 1 unspecified atom stereocenters. The topological polar surface area (TPSA) is 29.5 Å². The van der Waals surface area contributed by atoms with Crippen molar-refractivity contribution in [2.45, 2.75) is 30.5 Å². The van der Waals surface area contributed by atoms with Crippen LogP contribution in [0.3, 0.4) is 0 Å². The number of hydrogen-bond acceptors (Lipinski definition) is 2. The Labute approximate surface area is 168 Å². The molecule has 0 radical (unpaired) electrons. The highest BCUT2D eigenvalue weighted by atomic mass is 19.4. The molecule has 152 valence electrons. The van der Waals surface area contributed by atoms with Gasteiger partial charge in [-0.05, 0) is 41.7 Å². The molecule has 0 aliphatic carbocycles. The van der Waals surface area contributed by atoms with E-state index in [1.807, 2.05) is 72.8 Å². The van der Waals surface area contributed by atoms with Crippen LogP contribution in [0.2, 0.25) is 0 Å². The van der Waals surface area contributed by atoms with E-state index in [-0.39, 0.29) is 6.42 Å². The van der Waals surface area contributed by atoms with Crippen molar-refractivity contribution in [2.75, 3.05) is 7.11 Å². The zero-order valence-electron chi connectivity index (χ0n) is 16.1. The smallest absolute Gasteiger partial charge is 0.414 e. The minimum Gasteiger partial charge on any atom is -0.497 e. The van der Waals surface area contributed by atoms with Crippen molar-refractivity contribution < 1.29 is 23.0 Å². The van der Waals surface area contributed by atoms with Gasteiger partial charge in [0.2, 0.25) is 0 Å². The summed E-state index contributed by atoms with van der Waals surface area (Å²) in [6.07, 6.45) is -7.36. The average molecular weight is 400 g/mol. The quantitative estimate of drug-likeness (QED) is 0.513. The molecule has 3 aromatic rings. The lowest BCUT2D eigenvalue weighted by atomic mass is 9.66. The number of methoxy groups -OCH3 is 1. The summed E-state index contributed by atoms with van der Waals surface area (Å²) in [6, 6.07) is 26.2. The Morgan fingerprint density at radius 3 is 1.62 bits per heavy atom. The summed E-state index contributed by atoms with van der Waals surface area (Å²) >= 11 is 0. The van der Waals surface area contributed by atoms with Crippen molar-refractivity contribution in [3.63, 3.8) is 0 Å². The number of hydrogen-bond donors (Lipinski definition) is 1. The maximum atomic E-state index is 13.1. The van der Waals surface area contributed by atoms with Gasteiger partial charge in [0, 0.05) is 5.41 Å². The maximum absolute atomic E-state index is 13.1. The largest absolute Gasteiger partial charge is 0.497 e. The molecule has 0 aliphatic heterocycles. The van der Waals surface area contributed by atoms with Gasteiger partial charge in [-0.1, -0.05) is 72.8 Å². The zero-order valence-corrected chi connectivity index (χ0v) is 16.1.